The number of rotatable bonds is 9. The van der Waals surface area contributed by atoms with Crippen LogP contribution in [0.2, 0.25) is 0 Å². The number of aromatic nitrogens is 2. The van der Waals surface area contributed by atoms with E-state index in [2.05, 4.69) is 24.0 Å². The monoisotopic (exact) mass is 410 g/mol. The highest BCUT2D eigenvalue weighted by atomic mass is 16.6. The molecule has 2 aromatic carbocycles. The molecule has 0 aliphatic rings. The molecule has 1 aromatic heterocycles. The number of methoxy groups -OCH3 is 2. The quantitative estimate of drug-likeness (QED) is 0.478. The van der Waals surface area contributed by atoms with E-state index >= 15 is 0 Å². The van der Waals surface area contributed by atoms with E-state index in [0.717, 1.165) is 11.1 Å². The summed E-state index contributed by atoms with van der Waals surface area (Å²) in [7, 11) is 3.16. The molecule has 0 N–H and O–H groups in total. The van der Waals surface area contributed by atoms with Crippen molar-refractivity contribution in [2.24, 2.45) is 0 Å². The van der Waals surface area contributed by atoms with Gasteiger partial charge in [-0.3, -0.25) is 4.79 Å². The number of nitrogens with zero attached hydrogens (tertiary/aromatic N) is 2. The van der Waals surface area contributed by atoms with Gasteiger partial charge < -0.3 is 18.7 Å². The van der Waals surface area contributed by atoms with Crippen LogP contribution in [0.4, 0.5) is 0 Å². The molecule has 1 heterocycles. The maximum Gasteiger partial charge on any atom is 0.306 e. The van der Waals surface area contributed by atoms with Crippen molar-refractivity contribution in [1.29, 1.82) is 0 Å². The molecule has 0 bridgehead atoms. The molecule has 30 heavy (non-hydrogen) atoms. The molecule has 158 valence electrons. The Balaban J connectivity index is 1.50. The van der Waals surface area contributed by atoms with Gasteiger partial charge in [0.2, 0.25) is 5.82 Å². The van der Waals surface area contributed by atoms with Crippen LogP contribution in [0.25, 0.3) is 11.4 Å². The van der Waals surface area contributed by atoms with Crippen molar-refractivity contribution in [2.45, 2.75) is 39.2 Å². The fourth-order valence-corrected chi connectivity index (χ4v) is 2.94. The lowest BCUT2D eigenvalue weighted by atomic mass is 10.0. The van der Waals surface area contributed by atoms with Gasteiger partial charge in [-0.05, 0) is 35.6 Å². The fraction of sp³-hybridized carbons (Fsp3) is 0.348. The van der Waals surface area contributed by atoms with Crippen molar-refractivity contribution in [2.75, 3.05) is 14.2 Å². The third-order valence-electron chi connectivity index (χ3n) is 4.73. The summed E-state index contributed by atoms with van der Waals surface area (Å²) in [6.07, 6.45) is 0.754. The van der Waals surface area contributed by atoms with E-state index in [-0.39, 0.29) is 24.9 Å². The van der Waals surface area contributed by atoms with Crippen molar-refractivity contribution in [3.05, 3.63) is 59.5 Å². The summed E-state index contributed by atoms with van der Waals surface area (Å²) in [5.41, 5.74) is 3.05. The van der Waals surface area contributed by atoms with E-state index in [4.69, 9.17) is 18.7 Å². The molecule has 0 aliphatic carbocycles. The number of carbonyl (C=O) groups excluding carboxylic acids is 1. The van der Waals surface area contributed by atoms with E-state index in [1.54, 1.807) is 14.2 Å². The number of hydrogen-bond acceptors (Lipinski definition) is 7. The lowest BCUT2D eigenvalue weighted by molar-refractivity contribution is -0.145. The van der Waals surface area contributed by atoms with Crippen LogP contribution < -0.4 is 9.47 Å². The molecule has 7 nitrogen and oxygen atoms in total. The number of ether oxygens (including phenoxy) is 3. The van der Waals surface area contributed by atoms with Crippen molar-refractivity contribution in [1.82, 2.24) is 10.1 Å². The van der Waals surface area contributed by atoms with Crippen molar-refractivity contribution in [3.63, 3.8) is 0 Å². The lowest BCUT2D eigenvalue weighted by Crippen LogP contribution is -2.06. The number of hydrogen-bond donors (Lipinski definition) is 0. The van der Waals surface area contributed by atoms with Crippen molar-refractivity contribution in [3.8, 4) is 22.9 Å². The van der Waals surface area contributed by atoms with Gasteiger partial charge in [0.1, 0.15) is 0 Å². The van der Waals surface area contributed by atoms with E-state index < -0.39 is 0 Å². The summed E-state index contributed by atoms with van der Waals surface area (Å²) in [6.45, 7) is 4.23. The molecule has 0 spiro atoms. The van der Waals surface area contributed by atoms with Crippen LogP contribution in [0, 0.1) is 0 Å². The highest BCUT2D eigenvalue weighted by Crippen LogP contribution is 2.28. The van der Waals surface area contributed by atoms with Gasteiger partial charge in [0.05, 0.1) is 14.2 Å². The van der Waals surface area contributed by atoms with Gasteiger partial charge in [-0.15, -0.1) is 0 Å². The molecule has 3 aromatic rings. The van der Waals surface area contributed by atoms with Gasteiger partial charge in [-0.2, -0.15) is 4.98 Å². The highest BCUT2D eigenvalue weighted by Gasteiger charge is 2.12. The van der Waals surface area contributed by atoms with Gasteiger partial charge >= 0.3 is 5.97 Å². The van der Waals surface area contributed by atoms with Crippen LogP contribution in [0.15, 0.2) is 47.0 Å². The standard InChI is InChI=1S/C23H26N2O5/c1-15(2)17-7-9-18(10-8-17)23-24-21(30-25-23)14-29-22(26)12-6-16-5-11-19(27-3)20(13-16)28-4/h5,7-11,13,15H,6,12,14H2,1-4H3. The van der Waals surface area contributed by atoms with Crippen LogP contribution in [-0.4, -0.2) is 30.3 Å². The normalized spacial score (nSPS) is 10.8. The summed E-state index contributed by atoms with van der Waals surface area (Å²) in [5, 5.41) is 3.96. The average Bonchev–Trinajstić information content (AvgIpc) is 3.25. The van der Waals surface area contributed by atoms with Gasteiger partial charge in [0.25, 0.3) is 5.89 Å². The van der Waals surface area contributed by atoms with Gasteiger partial charge in [0.15, 0.2) is 18.1 Å². The minimum atomic E-state index is -0.342. The Morgan fingerprint density at radius 2 is 1.77 bits per heavy atom. The Hall–Kier alpha value is -3.35. The second-order valence-corrected chi connectivity index (χ2v) is 7.14. The van der Waals surface area contributed by atoms with E-state index in [1.807, 2.05) is 42.5 Å². The minimum Gasteiger partial charge on any atom is -0.493 e. The molecule has 0 saturated heterocycles. The molecule has 3 rings (SSSR count). The average molecular weight is 410 g/mol. The molecule has 0 aliphatic heterocycles. The SMILES string of the molecule is COc1ccc(CCC(=O)OCc2nc(-c3ccc(C(C)C)cc3)no2)cc1OC. The Labute approximate surface area is 176 Å². The Morgan fingerprint density at radius 1 is 1.03 bits per heavy atom. The predicted octanol–water partition coefficient (Wildman–Crippen LogP) is 4.55. The van der Waals surface area contributed by atoms with Crippen molar-refractivity contribution < 1.29 is 23.5 Å². The third-order valence-corrected chi connectivity index (χ3v) is 4.73. The maximum atomic E-state index is 12.1. The van der Waals surface area contributed by atoms with E-state index in [9.17, 15) is 4.79 Å². The molecule has 0 fully saturated rings. The number of esters is 1. The maximum absolute atomic E-state index is 12.1. The number of benzene rings is 2. The largest absolute Gasteiger partial charge is 0.493 e. The van der Waals surface area contributed by atoms with E-state index in [1.165, 1.54) is 5.56 Å². The molecule has 0 saturated carbocycles. The van der Waals surface area contributed by atoms with Gasteiger partial charge in [-0.25, -0.2) is 0 Å². The zero-order chi connectivity index (χ0) is 21.5. The lowest BCUT2D eigenvalue weighted by Gasteiger charge is -2.09. The molecule has 0 unspecified atom stereocenters. The third kappa shape index (κ3) is 5.37. The van der Waals surface area contributed by atoms with Crippen LogP contribution >= 0.6 is 0 Å². The zero-order valence-corrected chi connectivity index (χ0v) is 17.7. The summed E-state index contributed by atoms with van der Waals surface area (Å²) >= 11 is 0. The van der Waals surface area contributed by atoms with Crippen LogP contribution in [0.5, 0.6) is 11.5 Å². The predicted molar refractivity (Wildman–Crippen MR) is 111 cm³/mol. The first-order valence-electron chi connectivity index (χ1n) is 9.79. The minimum absolute atomic E-state index is 0.0537. The van der Waals surface area contributed by atoms with Crippen LogP contribution in [0.1, 0.15) is 43.2 Å². The molecule has 7 heteroatoms. The van der Waals surface area contributed by atoms with Gasteiger partial charge in [0, 0.05) is 12.0 Å². The zero-order valence-electron chi connectivity index (χ0n) is 17.7. The second-order valence-electron chi connectivity index (χ2n) is 7.14. The molecular formula is C23H26N2O5. The summed E-state index contributed by atoms with van der Waals surface area (Å²) in [4.78, 5) is 16.4. The molecule has 0 radical (unpaired) electrons. The molecule has 0 amide bonds. The summed E-state index contributed by atoms with van der Waals surface area (Å²) < 4.78 is 20.9. The molecule has 0 atom stereocenters. The van der Waals surface area contributed by atoms with Crippen molar-refractivity contribution >= 4 is 5.97 Å². The number of carbonyl (C=O) groups is 1. The summed E-state index contributed by atoms with van der Waals surface area (Å²) in [6, 6.07) is 13.6. The first-order valence-corrected chi connectivity index (χ1v) is 9.79. The summed E-state index contributed by atoms with van der Waals surface area (Å²) in [5.74, 6) is 2.13. The van der Waals surface area contributed by atoms with Crippen LogP contribution in [-0.2, 0) is 22.6 Å². The van der Waals surface area contributed by atoms with Gasteiger partial charge in [-0.1, -0.05) is 49.3 Å². The fourth-order valence-electron chi connectivity index (χ4n) is 2.94. The van der Waals surface area contributed by atoms with Crippen LogP contribution in [0.3, 0.4) is 0 Å². The molecular weight excluding hydrogens is 384 g/mol. The topological polar surface area (TPSA) is 83.7 Å². The smallest absolute Gasteiger partial charge is 0.306 e. The first-order chi connectivity index (χ1) is 14.5. The first kappa shape index (κ1) is 21.4. The Morgan fingerprint density at radius 3 is 2.43 bits per heavy atom. The Kier molecular flexibility index (Phi) is 7.06. The highest BCUT2D eigenvalue weighted by molar-refractivity contribution is 5.69. The van der Waals surface area contributed by atoms with E-state index in [0.29, 0.717) is 29.7 Å². The second kappa shape index (κ2) is 9.91. The Bertz CT molecular complexity index is 980. The number of aryl methyl sites for hydroxylation is 1.